The van der Waals surface area contributed by atoms with Crippen LogP contribution in [0, 0.1) is 0 Å². The summed E-state index contributed by atoms with van der Waals surface area (Å²) in [4.78, 5) is 37.0. The molecule has 16 nitrogen and oxygen atoms in total. The number of aliphatic hydroxyl groups excluding tert-OH is 2. The summed E-state index contributed by atoms with van der Waals surface area (Å²) in [6.45, 7) is 9.39. The van der Waals surface area contributed by atoms with Gasteiger partial charge in [-0.05, 0) is 19.6 Å². The zero-order valence-electron chi connectivity index (χ0n) is 20.4. The van der Waals surface area contributed by atoms with E-state index in [-0.39, 0.29) is 17.1 Å². The molecule has 1 aliphatic rings. The highest BCUT2D eigenvalue weighted by Crippen LogP contribution is 2.55. The lowest BCUT2D eigenvalue weighted by Crippen LogP contribution is -2.46. The molecule has 18 heteroatoms. The predicted molar refractivity (Wildman–Crippen MR) is 125 cm³/mol. The van der Waals surface area contributed by atoms with E-state index in [1.807, 2.05) is 0 Å². The van der Waals surface area contributed by atoms with Crippen LogP contribution in [0.5, 0.6) is 5.88 Å². The van der Waals surface area contributed by atoms with Gasteiger partial charge in [0.05, 0.1) is 13.7 Å². The fourth-order valence-corrected chi connectivity index (χ4v) is 6.21. The summed E-state index contributed by atoms with van der Waals surface area (Å²) in [6, 6.07) is 0. The molecule has 0 spiro atoms. The second kappa shape index (κ2) is 12.2. The van der Waals surface area contributed by atoms with Gasteiger partial charge in [-0.25, -0.2) is 9.55 Å². The number of anilines is 1. The molecule has 36 heavy (non-hydrogen) atoms. The zero-order valence-corrected chi connectivity index (χ0v) is 22.2. The molecule has 3 rings (SSSR count). The van der Waals surface area contributed by atoms with Crippen LogP contribution in [-0.2, 0) is 25.4 Å². The monoisotopic (exact) mass is 556 g/mol. The lowest BCUT2D eigenvalue weighted by atomic mass is 10.1. The molecular formula is C18H34N6O10P2. The van der Waals surface area contributed by atoms with Crippen molar-refractivity contribution >= 4 is 32.3 Å². The van der Waals surface area contributed by atoms with Gasteiger partial charge in [-0.1, -0.05) is 25.8 Å². The molecule has 7 N–H and O–H groups in total. The predicted octanol–water partition coefficient (Wildman–Crippen LogP) is -1.78. The molecule has 2 aromatic rings. The number of nitrogen functional groups attached to an aromatic ring is 1. The van der Waals surface area contributed by atoms with Gasteiger partial charge in [-0.15, -0.1) is 0 Å². The van der Waals surface area contributed by atoms with Crippen molar-refractivity contribution in [3.8, 4) is 5.88 Å². The van der Waals surface area contributed by atoms with Crippen LogP contribution in [0.1, 0.15) is 27.0 Å². The SMILES string of the molecule is CCN(CC)CC.Cn1c[n+]([C@@H]2O[C@H](COP(=O)(O)CP(=O)(O)O)[C@@H](O)[C@H]2O)c2nc(N)nc([O-])c21. The molecule has 1 saturated heterocycles. The molecule has 0 aliphatic carbocycles. The van der Waals surface area contributed by atoms with Crippen molar-refractivity contribution in [1.82, 2.24) is 19.4 Å². The summed E-state index contributed by atoms with van der Waals surface area (Å²) in [5.74, 6) is -2.38. The van der Waals surface area contributed by atoms with E-state index in [1.165, 1.54) is 42.1 Å². The van der Waals surface area contributed by atoms with E-state index in [0.29, 0.717) is 0 Å². The van der Waals surface area contributed by atoms with E-state index < -0.39 is 58.1 Å². The highest BCUT2D eigenvalue weighted by atomic mass is 31.2. The summed E-state index contributed by atoms with van der Waals surface area (Å²) in [7, 11) is -7.99. The fourth-order valence-electron chi connectivity index (χ4n) is 3.64. The van der Waals surface area contributed by atoms with E-state index in [2.05, 4.69) is 40.2 Å². The van der Waals surface area contributed by atoms with Crippen LogP contribution < -0.4 is 15.4 Å². The van der Waals surface area contributed by atoms with Gasteiger partial charge in [-0.2, -0.15) is 0 Å². The summed E-state index contributed by atoms with van der Waals surface area (Å²) in [5.41, 5.74) is 5.58. The summed E-state index contributed by atoms with van der Waals surface area (Å²) < 4.78 is 35.4. The fraction of sp³-hybridized carbons (Fsp3) is 0.722. The molecule has 0 amide bonds. The van der Waals surface area contributed by atoms with Crippen molar-refractivity contribution in [1.29, 1.82) is 0 Å². The van der Waals surface area contributed by atoms with Crippen molar-refractivity contribution < 1.29 is 53.0 Å². The first kappa shape index (κ1) is 30.5. The summed E-state index contributed by atoms with van der Waals surface area (Å²) >= 11 is 0. The van der Waals surface area contributed by atoms with Crippen LogP contribution in [0.3, 0.4) is 0 Å². The Labute approximate surface area is 207 Å². The summed E-state index contributed by atoms with van der Waals surface area (Å²) in [6.07, 6.45) is -4.36. The van der Waals surface area contributed by atoms with Gasteiger partial charge in [0.2, 0.25) is 6.23 Å². The number of ether oxygens (including phenoxy) is 1. The quantitative estimate of drug-likeness (QED) is 0.148. The Morgan fingerprint density at radius 1 is 1.17 bits per heavy atom. The third-order valence-electron chi connectivity index (χ3n) is 5.50. The molecule has 5 atom stereocenters. The maximum atomic E-state index is 12.0. The number of aromatic nitrogens is 4. The second-order valence-electron chi connectivity index (χ2n) is 8.10. The zero-order chi connectivity index (χ0) is 27.4. The number of nitrogens with zero attached hydrogens (tertiary/aromatic N) is 5. The molecule has 0 saturated carbocycles. The number of nitrogens with two attached hydrogens (primary N) is 1. The number of fused-ring (bicyclic) bond motifs is 1. The highest BCUT2D eigenvalue weighted by molar-refractivity contribution is 7.70. The molecular weight excluding hydrogens is 522 g/mol. The minimum atomic E-state index is -4.82. The first-order valence-corrected chi connectivity index (χ1v) is 14.7. The van der Waals surface area contributed by atoms with E-state index in [0.717, 1.165) is 0 Å². The van der Waals surface area contributed by atoms with Crippen LogP contribution >= 0.6 is 15.2 Å². The maximum absolute atomic E-state index is 12.0. The van der Waals surface area contributed by atoms with E-state index in [4.69, 9.17) is 20.3 Å². The van der Waals surface area contributed by atoms with Gasteiger partial charge in [0.15, 0.2) is 17.7 Å². The highest BCUT2D eigenvalue weighted by Gasteiger charge is 2.47. The van der Waals surface area contributed by atoms with Crippen LogP contribution in [-0.4, -0.2) is 94.8 Å². The number of imidazole rings is 1. The minimum Gasteiger partial charge on any atom is -0.856 e. The molecule has 0 aromatic carbocycles. The van der Waals surface area contributed by atoms with Crippen molar-refractivity contribution in [2.24, 2.45) is 7.05 Å². The lowest BCUT2D eigenvalue weighted by Gasteiger charge is -2.17. The Balaban J connectivity index is 0.000000572. The Morgan fingerprint density at radius 2 is 1.75 bits per heavy atom. The standard InChI is InChI=1S/C12H19N5O10P2.C6H15N/c1-16-3-17(9-6(16)10(20)15-12(13)14-9)11-8(19)7(18)5(27-11)2-26-29(24,25)4-28(21,22)23;1-4-7(5-2)6-3/h3,5,7-8,11,18-19H,2,4H2,1H3,(H5-,13,14,15,20,21,22,23,24,25);4-6H2,1-3H3/t5-,7-,8-,11-;/m1./s1. The number of hydrogen-bond acceptors (Lipinski definition) is 11. The maximum Gasteiger partial charge on any atom is 0.340 e. The number of aryl methyl sites for hydroxylation is 1. The molecule has 1 aliphatic heterocycles. The molecule has 206 valence electrons. The van der Waals surface area contributed by atoms with Gasteiger partial charge in [-0.3, -0.25) is 13.7 Å². The Kier molecular flexibility index (Phi) is 10.4. The van der Waals surface area contributed by atoms with Crippen LogP contribution in [0.15, 0.2) is 6.33 Å². The van der Waals surface area contributed by atoms with Gasteiger partial charge < -0.3 is 49.9 Å². The van der Waals surface area contributed by atoms with Crippen molar-refractivity contribution in [2.75, 3.05) is 37.9 Å². The number of rotatable bonds is 9. The van der Waals surface area contributed by atoms with Gasteiger partial charge in [0, 0.05) is 5.88 Å². The Hall–Kier alpha value is -1.71. The second-order valence-corrected chi connectivity index (χ2v) is 12.1. The molecule has 2 aromatic heterocycles. The Bertz CT molecular complexity index is 1120. The average Bonchev–Trinajstić information content (AvgIpc) is 3.23. The number of hydrogen-bond donors (Lipinski definition) is 6. The van der Waals surface area contributed by atoms with Gasteiger partial charge >= 0.3 is 20.8 Å². The van der Waals surface area contributed by atoms with Gasteiger partial charge in [0.1, 0.15) is 18.3 Å². The van der Waals surface area contributed by atoms with Crippen molar-refractivity contribution in [3.63, 3.8) is 0 Å². The smallest absolute Gasteiger partial charge is 0.340 e. The normalized spacial score (nSPS) is 24.1. The van der Waals surface area contributed by atoms with Gasteiger partial charge in [0.25, 0.3) is 5.95 Å². The largest absolute Gasteiger partial charge is 0.856 e. The molecule has 0 bridgehead atoms. The topological polar surface area (TPSA) is 241 Å². The Morgan fingerprint density at radius 3 is 2.25 bits per heavy atom. The molecule has 3 heterocycles. The van der Waals surface area contributed by atoms with Crippen molar-refractivity contribution in [3.05, 3.63) is 6.33 Å². The molecule has 0 radical (unpaired) electrons. The molecule has 1 unspecified atom stereocenters. The van der Waals surface area contributed by atoms with Crippen LogP contribution in [0.4, 0.5) is 5.95 Å². The summed E-state index contributed by atoms with van der Waals surface area (Å²) in [5, 5.41) is 32.5. The first-order chi connectivity index (χ1) is 16.6. The molecule has 1 fully saturated rings. The van der Waals surface area contributed by atoms with E-state index in [9.17, 15) is 29.3 Å². The third kappa shape index (κ3) is 7.65. The number of aliphatic hydroxyl groups is 2. The third-order valence-corrected chi connectivity index (χ3v) is 8.96. The van der Waals surface area contributed by atoms with E-state index >= 15 is 0 Å². The van der Waals surface area contributed by atoms with Crippen LogP contribution in [0.25, 0.3) is 11.2 Å². The average molecular weight is 556 g/mol. The first-order valence-electron chi connectivity index (χ1n) is 11.1. The lowest BCUT2D eigenvalue weighted by molar-refractivity contribution is -0.745. The minimum absolute atomic E-state index is 0.0251. The van der Waals surface area contributed by atoms with Crippen molar-refractivity contribution in [2.45, 2.75) is 45.3 Å². The van der Waals surface area contributed by atoms with Crippen LogP contribution in [0.2, 0.25) is 0 Å². The van der Waals surface area contributed by atoms with E-state index in [1.54, 1.807) is 0 Å².